The molecular weight excluding hydrogens is 192 g/mol. The lowest BCUT2D eigenvalue weighted by atomic mass is 10.1. The molecular formula is C11H16N2O2. The van der Waals surface area contributed by atoms with Crippen LogP contribution in [0.4, 0.5) is 0 Å². The number of aliphatic hydroxyl groups is 1. The first-order chi connectivity index (χ1) is 7.15. The highest BCUT2D eigenvalue weighted by Gasteiger charge is 2.12. The smallest absolute Gasteiger partial charge is 0.211 e. The van der Waals surface area contributed by atoms with E-state index in [1.165, 1.54) is 0 Å². The van der Waals surface area contributed by atoms with E-state index in [1.54, 1.807) is 6.08 Å². The molecule has 0 aromatic heterocycles. The van der Waals surface area contributed by atoms with Gasteiger partial charge in [-0.1, -0.05) is 12.2 Å². The molecule has 1 aliphatic rings. The number of amides is 1. The van der Waals surface area contributed by atoms with Crippen LogP contribution in [0.2, 0.25) is 0 Å². The van der Waals surface area contributed by atoms with Crippen LogP contribution in [0.1, 0.15) is 6.42 Å². The molecule has 0 bridgehead atoms. The minimum Gasteiger partial charge on any atom is -0.508 e. The molecule has 0 atom stereocenters. The van der Waals surface area contributed by atoms with E-state index in [0.29, 0.717) is 25.1 Å². The molecule has 4 nitrogen and oxygen atoms in total. The fraction of sp³-hybridized carbons (Fsp3) is 0.364. The second kappa shape index (κ2) is 5.36. The van der Waals surface area contributed by atoms with Crippen molar-refractivity contribution in [1.29, 1.82) is 0 Å². The van der Waals surface area contributed by atoms with Crippen molar-refractivity contribution in [2.24, 2.45) is 0 Å². The predicted molar refractivity (Wildman–Crippen MR) is 59.2 cm³/mol. The molecule has 0 saturated heterocycles. The Labute approximate surface area is 89.6 Å². The highest BCUT2D eigenvalue weighted by molar-refractivity contribution is 5.55. The van der Waals surface area contributed by atoms with Crippen LogP contribution in [-0.4, -0.2) is 37.1 Å². The first-order valence-electron chi connectivity index (χ1n) is 4.79. The fourth-order valence-electron chi connectivity index (χ4n) is 1.42. The number of nitrogens with zero attached hydrogens (tertiary/aromatic N) is 1. The summed E-state index contributed by atoms with van der Waals surface area (Å²) in [5, 5.41) is 12.4. The third-order valence-corrected chi connectivity index (χ3v) is 2.06. The van der Waals surface area contributed by atoms with Gasteiger partial charge in [0.15, 0.2) is 0 Å². The molecule has 0 heterocycles. The van der Waals surface area contributed by atoms with E-state index in [1.807, 2.05) is 31.1 Å². The summed E-state index contributed by atoms with van der Waals surface area (Å²) in [6.07, 6.45) is 6.73. The highest BCUT2D eigenvalue weighted by Crippen LogP contribution is 2.17. The lowest BCUT2D eigenvalue weighted by Crippen LogP contribution is -2.22. The van der Waals surface area contributed by atoms with Crippen LogP contribution in [0.15, 0.2) is 35.3 Å². The van der Waals surface area contributed by atoms with Crippen LogP contribution in [-0.2, 0) is 4.79 Å². The van der Waals surface area contributed by atoms with Gasteiger partial charge in [0.1, 0.15) is 5.76 Å². The molecule has 0 aliphatic heterocycles. The summed E-state index contributed by atoms with van der Waals surface area (Å²) in [7, 11) is 3.82. The van der Waals surface area contributed by atoms with Crippen molar-refractivity contribution < 1.29 is 9.90 Å². The molecule has 2 N–H and O–H groups in total. The van der Waals surface area contributed by atoms with Crippen LogP contribution in [0, 0.1) is 0 Å². The van der Waals surface area contributed by atoms with Crippen LogP contribution in [0.5, 0.6) is 0 Å². The van der Waals surface area contributed by atoms with Gasteiger partial charge in [0.25, 0.3) is 0 Å². The first-order valence-corrected chi connectivity index (χ1v) is 4.79. The lowest BCUT2D eigenvalue weighted by Gasteiger charge is -2.16. The van der Waals surface area contributed by atoms with Crippen molar-refractivity contribution >= 4 is 6.41 Å². The molecule has 82 valence electrons. The minimum atomic E-state index is 0.210. The third-order valence-electron chi connectivity index (χ3n) is 2.06. The van der Waals surface area contributed by atoms with Crippen LogP contribution in [0.3, 0.4) is 0 Å². The largest absolute Gasteiger partial charge is 0.508 e. The van der Waals surface area contributed by atoms with Gasteiger partial charge in [0.05, 0.1) is 0 Å². The standard InChI is InChI=1S/C11H16N2O2/c1-13(2)7-9-10(12-8-14)5-3-4-6-11(9)15/h4-6,8,15H,3,7H2,1-2H3,(H,12,14). The van der Waals surface area contributed by atoms with E-state index in [0.717, 1.165) is 5.57 Å². The van der Waals surface area contributed by atoms with E-state index in [9.17, 15) is 9.90 Å². The fourth-order valence-corrected chi connectivity index (χ4v) is 1.42. The van der Waals surface area contributed by atoms with Crippen molar-refractivity contribution in [2.75, 3.05) is 20.6 Å². The maximum absolute atomic E-state index is 10.4. The number of aliphatic hydroxyl groups excluding tert-OH is 1. The molecule has 1 aliphatic carbocycles. The van der Waals surface area contributed by atoms with E-state index in [-0.39, 0.29) is 5.76 Å². The normalized spacial score (nSPS) is 16.3. The lowest BCUT2D eigenvalue weighted by molar-refractivity contribution is -0.108. The number of likely N-dealkylation sites (N-methyl/N-ethyl adjacent to an activating group) is 1. The van der Waals surface area contributed by atoms with Crippen LogP contribution >= 0.6 is 0 Å². The quantitative estimate of drug-likeness (QED) is 0.676. The van der Waals surface area contributed by atoms with Gasteiger partial charge in [0, 0.05) is 17.8 Å². The molecule has 15 heavy (non-hydrogen) atoms. The number of hydrogen-bond donors (Lipinski definition) is 2. The Morgan fingerprint density at radius 3 is 2.93 bits per heavy atom. The Morgan fingerprint density at radius 1 is 1.60 bits per heavy atom. The Kier molecular flexibility index (Phi) is 4.12. The van der Waals surface area contributed by atoms with E-state index in [2.05, 4.69) is 5.32 Å². The molecule has 0 unspecified atom stereocenters. The summed E-state index contributed by atoms with van der Waals surface area (Å²) in [5.41, 5.74) is 1.42. The average molecular weight is 208 g/mol. The Morgan fingerprint density at radius 2 is 2.33 bits per heavy atom. The number of rotatable bonds is 4. The Balaban J connectivity index is 2.97. The third kappa shape index (κ3) is 3.25. The van der Waals surface area contributed by atoms with E-state index in [4.69, 9.17) is 0 Å². The van der Waals surface area contributed by atoms with Crippen molar-refractivity contribution in [3.63, 3.8) is 0 Å². The highest BCUT2D eigenvalue weighted by atomic mass is 16.3. The molecule has 0 aromatic rings. The van der Waals surface area contributed by atoms with Gasteiger partial charge in [0.2, 0.25) is 6.41 Å². The van der Waals surface area contributed by atoms with Crippen LogP contribution < -0.4 is 5.32 Å². The van der Waals surface area contributed by atoms with Crippen molar-refractivity contribution in [2.45, 2.75) is 6.42 Å². The number of hydrogen-bond acceptors (Lipinski definition) is 3. The maximum atomic E-state index is 10.4. The second-order valence-corrected chi connectivity index (χ2v) is 3.62. The number of carbonyl (C=O) groups excluding carboxylic acids is 1. The molecule has 0 saturated carbocycles. The van der Waals surface area contributed by atoms with E-state index >= 15 is 0 Å². The molecule has 1 rings (SSSR count). The van der Waals surface area contributed by atoms with Crippen molar-refractivity contribution in [3.8, 4) is 0 Å². The van der Waals surface area contributed by atoms with Crippen LogP contribution in [0.25, 0.3) is 0 Å². The van der Waals surface area contributed by atoms with Gasteiger partial charge in [-0.3, -0.25) is 4.79 Å². The zero-order valence-electron chi connectivity index (χ0n) is 9.03. The molecule has 0 fully saturated rings. The van der Waals surface area contributed by atoms with Crippen molar-refractivity contribution in [1.82, 2.24) is 10.2 Å². The molecule has 0 aromatic carbocycles. The number of nitrogens with one attached hydrogen (secondary N) is 1. The topological polar surface area (TPSA) is 52.6 Å². The predicted octanol–water partition coefficient (Wildman–Crippen LogP) is 0.950. The Hall–Kier alpha value is -1.55. The minimum absolute atomic E-state index is 0.210. The number of allylic oxidation sites excluding steroid dienone is 3. The number of carbonyl (C=O) groups is 1. The summed E-state index contributed by atoms with van der Waals surface area (Å²) in [6.45, 7) is 0.586. The summed E-state index contributed by atoms with van der Waals surface area (Å²) in [6, 6.07) is 0. The average Bonchev–Trinajstić information content (AvgIpc) is 2.32. The first kappa shape index (κ1) is 11.5. The van der Waals surface area contributed by atoms with Gasteiger partial charge >= 0.3 is 0 Å². The summed E-state index contributed by atoms with van der Waals surface area (Å²) in [4.78, 5) is 12.4. The van der Waals surface area contributed by atoms with Gasteiger partial charge in [-0.05, 0) is 26.6 Å². The summed E-state index contributed by atoms with van der Waals surface area (Å²) < 4.78 is 0. The summed E-state index contributed by atoms with van der Waals surface area (Å²) >= 11 is 0. The van der Waals surface area contributed by atoms with Gasteiger partial charge in [-0.25, -0.2) is 0 Å². The monoisotopic (exact) mass is 208 g/mol. The van der Waals surface area contributed by atoms with Gasteiger partial charge in [-0.2, -0.15) is 0 Å². The maximum Gasteiger partial charge on any atom is 0.211 e. The SMILES string of the molecule is CN(C)CC1=C(O)C=CCC=C1NC=O. The van der Waals surface area contributed by atoms with Gasteiger partial charge < -0.3 is 15.3 Å². The second-order valence-electron chi connectivity index (χ2n) is 3.62. The molecule has 0 spiro atoms. The molecule has 0 radical (unpaired) electrons. The molecule has 4 heteroatoms. The Bertz CT molecular complexity index is 327. The zero-order chi connectivity index (χ0) is 11.3. The van der Waals surface area contributed by atoms with Crippen molar-refractivity contribution in [3.05, 3.63) is 35.3 Å². The summed E-state index contributed by atoms with van der Waals surface area (Å²) in [5.74, 6) is 0.210. The molecule has 1 amide bonds. The zero-order valence-corrected chi connectivity index (χ0v) is 9.03. The van der Waals surface area contributed by atoms with Gasteiger partial charge in [-0.15, -0.1) is 0 Å². The van der Waals surface area contributed by atoms with E-state index < -0.39 is 0 Å².